The Hall–Kier alpha value is -1.46. The molecule has 1 saturated heterocycles. The van der Waals surface area contributed by atoms with Crippen LogP contribution in [0, 0.1) is 0 Å². The number of hydrogen-bond donors (Lipinski definition) is 1. The quantitative estimate of drug-likeness (QED) is 0.749. The predicted molar refractivity (Wildman–Crippen MR) is 79.1 cm³/mol. The molecule has 0 aromatic carbocycles. The van der Waals surface area contributed by atoms with Gasteiger partial charge < -0.3 is 10.2 Å². The number of nitrogens with zero attached hydrogens (tertiary/aromatic N) is 3. The molecular formula is C14H24N4O. The zero-order chi connectivity index (χ0) is 14.3. The number of allylic oxidation sites excluding steroid dienone is 2. The van der Waals surface area contributed by atoms with E-state index in [0.717, 1.165) is 31.8 Å². The first-order valence-electron chi connectivity index (χ1n) is 6.58. The van der Waals surface area contributed by atoms with Gasteiger partial charge in [0, 0.05) is 32.4 Å². The first kappa shape index (κ1) is 15.6. The molecule has 1 amide bonds. The third kappa shape index (κ3) is 6.31. The highest BCUT2D eigenvalue weighted by Gasteiger charge is 2.16. The van der Waals surface area contributed by atoms with Crippen LogP contribution in [-0.2, 0) is 4.79 Å². The second-order valence-electron chi connectivity index (χ2n) is 4.91. The predicted octanol–water partition coefficient (Wildman–Crippen LogP) is 0.858. The maximum Gasteiger partial charge on any atom is 0.239 e. The zero-order valence-corrected chi connectivity index (χ0v) is 12.1. The summed E-state index contributed by atoms with van der Waals surface area (Å²) in [4.78, 5) is 20.5. The lowest BCUT2D eigenvalue weighted by atomic mass is 10.3. The molecule has 106 valence electrons. The van der Waals surface area contributed by atoms with Crippen LogP contribution in [0.25, 0.3) is 0 Å². The maximum absolute atomic E-state index is 11.9. The van der Waals surface area contributed by atoms with Gasteiger partial charge >= 0.3 is 0 Å². The Morgan fingerprint density at radius 1 is 1.37 bits per heavy atom. The minimum atomic E-state index is -0.0171. The molecule has 0 radical (unpaired) electrons. The molecule has 0 atom stereocenters. The second-order valence-corrected chi connectivity index (χ2v) is 4.91. The first-order valence-corrected chi connectivity index (χ1v) is 6.58. The Balaban J connectivity index is 2.39. The zero-order valence-electron chi connectivity index (χ0n) is 12.1. The van der Waals surface area contributed by atoms with E-state index < -0.39 is 0 Å². The highest BCUT2D eigenvalue weighted by molar-refractivity contribution is 5.81. The van der Waals surface area contributed by atoms with Gasteiger partial charge in [0.15, 0.2) is 0 Å². The summed E-state index contributed by atoms with van der Waals surface area (Å²) in [6.45, 7) is 11.8. The lowest BCUT2D eigenvalue weighted by Gasteiger charge is -2.31. The molecule has 1 heterocycles. The first-order chi connectivity index (χ1) is 9.01. The molecule has 0 saturated carbocycles. The van der Waals surface area contributed by atoms with E-state index in [9.17, 15) is 4.79 Å². The summed E-state index contributed by atoms with van der Waals surface area (Å²) in [6.07, 6.45) is 3.42. The van der Waals surface area contributed by atoms with Crippen LogP contribution in [0.1, 0.15) is 13.8 Å². The van der Waals surface area contributed by atoms with Gasteiger partial charge in [-0.15, -0.1) is 0 Å². The molecule has 1 aliphatic heterocycles. The van der Waals surface area contributed by atoms with Gasteiger partial charge in [-0.1, -0.05) is 6.58 Å². The van der Waals surface area contributed by atoms with E-state index in [1.807, 2.05) is 13.8 Å². The lowest BCUT2D eigenvalue weighted by Crippen LogP contribution is -2.47. The third-order valence-corrected chi connectivity index (χ3v) is 2.93. The molecule has 1 rings (SSSR count). The number of carbonyl (C=O) groups is 1. The van der Waals surface area contributed by atoms with Crippen molar-refractivity contribution in [1.29, 1.82) is 0 Å². The average molecular weight is 264 g/mol. The van der Waals surface area contributed by atoms with Crippen molar-refractivity contribution in [2.75, 3.05) is 39.8 Å². The molecule has 5 heteroatoms. The average Bonchev–Trinajstić information content (AvgIpc) is 2.37. The van der Waals surface area contributed by atoms with Crippen molar-refractivity contribution in [2.45, 2.75) is 13.8 Å². The summed E-state index contributed by atoms with van der Waals surface area (Å²) in [5.74, 6) is 0.554. The number of carbonyl (C=O) groups excluding carboxylic acids is 1. The van der Waals surface area contributed by atoms with Crippen LogP contribution in [0.15, 0.2) is 29.0 Å². The van der Waals surface area contributed by atoms with Gasteiger partial charge in [0.1, 0.15) is 5.82 Å². The van der Waals surface area contributed by atoms with Crippen molar-refractivity contribution in [3.05, 3.63) is 24.0 Å². The Bertz CT molecular complexity index is 379. The van der Waals surface area contributed by atoms with Gasteiger partial charge in [-0.2, -0.15) is 0 Å². The van der Waals surface area contributed by atoms with Gasteiger partial charge in [0.05, 0.1) is 6.54 Å². The number of rotatable bonds is 5. The van der Waals surface area contributed by atoms with Crippen LogP contribution >= 0.6 is 0 Å². The summed E-state index contributed by atoms with van der Waals surface area (Å²) in [6, 6.07) is 0. The van der Waals surface area contributed by atoms with Crippen molar-refractivity contribution in [3.63, 3.8) is 0 Å². The van der Waals surface area contributed by atoms with E-state index in [1.165, 1.54) is 0 Å². The number of amides is 1. The number of nitrogens with one attached hydrogen (secondary N) is 1. The molecule has 0 aliphatic carbocycles. The van der Waals surface area contributed by atoms with E-state index in [-0.39, 0.29) is 5.91 Å². The molecule has 1 aliphatic rings. The molecule has 0 unspecified atom stereocenters. The summed E-state index contributed by atoms with van der Waals surface area (Å²) in [7, 11) is 2.10. The highest BCUT2D eigenvalue weighted by Crippen LogP contribution is 1.99. The number of likely N-dealkylation sites (N-methyl/N-ethyl adjacent to an activating group) is 1. The smallest absolute Gasteiger partial charge is 0.239 e. The maximum atomic E-state index is 11.9. The largest absolute Gasteiger partial charge is 0.310 e. The number of hydrogen-bond acceptors (Lipinski definition) is 4. The monoisotopic (exact) mass is 264 g/mol. The third-order valence-electron chi connectivity index (χ3n) is 2.93. The standard InChI is InChI=1S/C14H24N4O/c1-5-13(15-10-12(2)3)16-14(19)11-18-8-6-17(4)7-9-18/h5,10H,2,6-9,11H2,1,3-4H3,(H,16,19)/b13-5+,15-10-. The topological polar surface area (TPSA) is 47.9 Å². The Labute approximate surface area is 115 Å². The van der Waals surface area contributed by atoms with Crippen LogP contribution in [-0.4, -0.2) is 61.7 Å². The molecule has 19 heavy (non-hydrogen) atoms. The molecule has 0 spiro atoms. The summed E-state index contributed by atoms with van der Waals surface area (Å²) in [5, 5.41) is 2.81. The van der Waals surface area contributed by atoms with Crippen LogP contribution in [0.2, 0.25) is 0 Å². The fourth-order valence-corrected chi connectivity index (χ4v) is 1.75. The van der Waals surface area contributed by atoms with Crippen LogP contribution in [0.4, 0.5) is 0 Å². The highest BCUT2D eigenvalue weighted by atomic mass is 16.2. The van der Waals surface area contributed by atoms with Crippen molar-refractivity contribution in [2.24, 2.45) is 4.99 Å². The van der Waals surface area contributed by atoms with Gasteiger partial charge in [-0.25, -0.2) is 4.99 Å². The van der Waals surface area contributed by atoms with Gasteiger partial charge in [-0.05, 0) is 32.5 Å². The number of aliphatic imine (C=N–C) groups is 1. The Morgan fingerprint density at radius 3 is 2.53 bits per heavy atom. The van der Waals surface area contributed by atoms with E-state index >= 15 is 0 Å². The molecule has 1 fully saturated rings. The Kier molecular flexibility index (Phi) is 6.45. The minimum Gasteiger partial charge on any atom is -0.310 e. The lowest BCUT2D eigenvalue weighted by molar-refractivity contribution is -0.121. The van der Waals surface area contributed by atoms with Crippen molar-refractivity contribution in [3.8, 4) is 0 Å². The Morgan fingerprint density at radius 2 is 2.00 bits per heavy atom. The summed E-state index contributed by atoms with van der Waals surface area (Å²) < 4.78 is 0. The molecule has 5 nitrogen and oxygen atoms in total. The molecule has 0 aromatic heterocycles. The van der Waals surface area contributed by atoms with Gasteiger partial charge in [-0.3, -0.25) is 9.69 Å². The van der Waals surface area contributed by atoms with Crippen LogP contribution in [0.3, 0.4) is 0 Å². The second kappa shape index (κ2) is 7.86. The summed E-state index contributed by atoms with van der Waals surface area (Å²) >= 11 is 0. The number of piperazine rings is 1. The van der Waals surface area contributed by atoms with Crippen molar-refractivity contribution in [1.82, 2.24) is 15.1 Å². The van der Waals surface area contributed by atoms with E-state index in [4.69, 9.17) is 0 Å². The molecule has 0 aromatic rings. The van der Waals surface area contributed by atoms with E-state index in [0.29, 0.717) is 12.4 Å². The SMILES string of the molecule is C=C(C)/C=N\C(=C/C)NC(=O)CN1CCN(C)CC1. The normalized spacial score (nSPS) is 18.8. The van der Waals surface area contributed by atoms with Crippen molar-refractivity contribution < 1.29 is 4.79 Å². The van der Waals surface area contributed by atoms with Gasteiger partial charge in [0.2, 0.25) is 5.91 Å². The van der Waals surface area contributed by atoms with Crippen LogP contribution in [0.5, 0.6) is 0 Å². The van der Waals surface area contributed by atoms with Crippen molar-refractivity contribution >= 4 is 12.1 Å². The van der Waals surface area contributed by atoms with Crippen LogP contribution < -0.4 is 5.32 Å². The van der Waals surface area contributed by atoms with Gasteiger partial charge in [0.25, 0.3) is 0 Å². The molecule has 1 N–H and O–H groups in total. The fraction of sp³-hybridized carbons (Fsp3) is 0.571. The van der Waals surface area contributed by atoms with E-state index in [2.05, 4.69) is 33.7 Å². The molecular weight excluding hydrogens is 240 g/mol. The summed E-state index contributed by atoms with van der Waals surface area (Å²) in [5.41, 5.74) is 0.854. The minimum absolute atomic E-state index is 0.0171. The molecule has 0 bridgehead atoms. The van der Waals surface area contributed by atoms with E-state index in [1.54, 1.807) is 12.3 Å². The fourth-order valence-electron chi connectivity index (χ4n) is 1.75.